The number of ketones is 1. The topological polar surface area (TPSA) is 46.2 Å². The van der Waals surface area contributed by atoms with Gasteiger partial charge in [-0.25, -0.2) is 4.39 Å². The Morgan fingerprint density at radius 1 is 1.31 bits per heavy atom. The lowest BCUT2D eigenvalue weighted by molar-refractivity contribution is -0.132. The Labute approximate surface area is 92.7 Å². The van der Waals surface area contributed by atoms with Gasteiger partial charge in [0.05, 0.1) is 0 Å². The molecule has 0 radical (unpaired) electrons. The van der Waals surface area contributed by atoms with Crippen LogP contribution in [0.1, 0.15) is 23.2 Å². The second-order valence-electron chi connectivity index (χ2n) is 3.86. The third kappa shape index (κ3) is 1.71. The van der Waals surface area contributed by atoms with Crippen molar-refractivity contribution in [1.29, 1.82) is 0 Å². The van der Waals surface area contributed by atoms with Crippen molar-refractivity contribution in [3.63, 3.8) is 0 Å². The summed E-state index contributed by atoms with van der Waals surface area (Å²) in [4.78, 5) is 23.3. The van der Waals surface area contributed by atoms with E-state index in [1.54, 1.807) is 18.2 Å². The first-order valence-corrected chi connectivity index (χ1v) is 5.22. The van der Waals surface area contributed by atoms with Crippen LogP contribution in [0.3, 0.4) is 0 Å². The van der Waals surface area contributed by atoms with Crippen LogP contribution in [0.25, 0.3) is 0 Å². The number of alkyl halides is 1. The molecule has 1 N–H and O–H groups in total. The average Bonchev–Trinajstić information content (AvgIpc) is 2.33. The second-order valence-corrected chi connectivity index (χ2v) is 3.86. The van der Waals surface area contributed by atoms with Crippen LogP contribution < -0.4 is 5.32 Å². The standard InChI is InChI=1S/C12H12FNO2/c13-12(7-4-8-14-11(12)16)10(15)9-5-2-1-3-6-9/h1-3,5-6H,4,7-8H2,(H,14,16). The van der Waals surface area contributed by atoms with E-state index < -0.39 is 17.4 Å². The molecule has 1 unspecified atom stereocenters. The highest BCUT2D eigenvalue weighted by atomic mass is 19.1. The van der Waals surface area contributed by atoms with Gasteiger partial charge in [0.1, 0.15) is 0 Å². The summed E-state index contributed by atoms with van der Waals surface area (Å²) in [6.07, 6.45) is 0.452. The lowest BCUT2D eigenvalue weighted by Gasteiger charge is -2.27. The van der Waals surface area contributed by atoms with Crippen molar-refractivity contribution in [2.24, 2.45) is 0 Å². The second kappa shape index (κ2) is 4.04. The quantitative estimate of drug-likeness (QED) is 0.607. The molecule has 1 aromatic carbocycles. The first-order chi connectivity index (χ1) is 7.64. The number of piperidine rings is 1. The van der Waals surface area contributed by atoms with E-state index in [-0.39, 0.29) is 12.0 Å². The van der Waals surface area contributed by atoms with Crippen LogP contribution in [-0.4, -0.2) is 23.9 Å². The summed E-state index contributed by atoms with van der Waals surface area (Å²) in [6, 6.07) is 8.08. The molecule has 1 heterocycles. The van der Waals surface area contributed by atoms with E-state index in [1.807, 2.05) is 0 Å². The van der Waals surface area contributed by atoms with Crippen molar-refractivity contribution in [1.82, 2.24) is 5.32 Å². The average molecular weight is 221 g/mol. The number of hydrogen-bond acceptors (Lipinski definition) is 2. The predicted octanol–water partition coefficient (Wildman–Crippen LogP) is 1.49. The predicted molar refractivity (Wildman–Crippen MR) is 56.9 cm³/mol. The van der Waals surface area contributed by atoms with Gasteiger partial charge in [-0.05, 0) is 12.8 Å². The van der Waals surface area contributed by atoms with Crippen LogP contribution in [0.2, 0.25) is 0 Å². The van der Waals surface area contributed by atoms with Gasteiger partial charge in [0, 0.05) is 12.1 Å². The van der Waals surface area contributed by atoms with Crippen molar-refractivity contribution in [2.45, 2.75) is 18.5 Å². The summed E-state index contributed by atoms with van der Waals surface area (Å²) in [7, 11) is 0. The molecule has 1 aliphatic heterocycles. The Morgan fingerprint density at radius 3 is 2.62 bits per heavy atom. The molecule has 3 nitrogen and oxygen atoms in total. The molecule has 1 atom stereocenters. The fourth-order valence-corrected chi connectivity index (χ4v) is 1.82. The van der Waals surface area contributed by atoms with Crippen LogP contribution >= 0.6 is 0 Å². The fraction of sp³-hybridized carbons (Fsp3) is 0.333. The number of Topliss-reactive ketones (excluding diaryl/α,β-unsaturated/α-hetero) is 1. The summed E-state index contributed by atoms with van der Waals surface area (Å²) in [6.45, 7) is 0.437. The van der Waals surface area contributed by atoms with Gasteiger partial charge in [0.2, 0.25) is 5.78 Å². The van der Waals surface area contributed by atoms with Gasteiger partial charge in [-0.2, -0.15) is 0 Å². The lowest BCUT2D eigenvalue weighted by Crippen LogP contribution is -2.53. The SMILES string of the molecule is O=C1NCCCC1(F)C(=O)c1ccccc1. The highest BCUT2D eigenvalue weighted by Crippen LogP contribution is 2.26. The third-order valence-corrected chi connectivity index (χ3v) is 2.74. The van der Waals surface area contributed by atoms with E-state index >= 15 is 0 Å². The molecule has 1 fully saturated rings. The Morgan fingerprint density at radius 2 is 2.00 bits per heavy atom. The molecule has 1 aliphatic rings. The lowest BCUT2D eigenvalue weighted by atomic mass is 9.87. The molecule has 0 aliphatic carbocycles. The Balaban J connectivity index is 2.30. The minimum atomic E-state index is -2.39. The Bertz CT molecular complexity index is 418. The van der Waals surface area contributed by atoms with Gasteiger partial charge in [-0.1, -0.05) is 30.3 Å². The van der Waals surface area contributed by atoms with Gasteiger partial charge < -0.3 is 5.32 Å². The molecule has 0 saturated carbocycles. The monoisotopic (exact) mass is 221 g/mol. The summed E-state index contributed by atoms with van der Waals surface area (Å²) < 4.78 is 14.3. The largest absolute Gasteiger partial charge is 0.353 e. The summed E-state index contributed by atoms with van der Waals surface area (Å²) in [5.74, 6) is -1.56. The minimum Gasteiger partial charge on any atom is -0.353 e. The van der Waals surface area contributed by atoms with Crippen LogP contribution in [0.5, 0.6) is 0 Å². The van der Waals surface area contributed by atoms with E-state index in [9.17, 15) is 14.0 Å². The van der Waals surface area contributed by atoms with E-state index in [0.717, 1.165) is 0 Å². The van der Waals surface area contributed by atoms with E-state index in [1.165, 1.54) is 12.1 Å². The molecule has 2 rings (SSSR count). The van der Waals surface area contributed by atoms with E-state index in [0.29, 0.717) is 13.0 Å². The number of rotatable bonds is 2. The van der Waals surface area contributed by atoms with Gasteiger partial charge in [-0.3, -0.25) is 9.59 Å². The van der Waals surface area contributed by atoms with Crippen LogP contribution in [0.15, 0.2) is 30.3 Å². The number of carbonyl (C=O) groups excluding carboxylic acids is 2. The zero-order chi connectivity index (χ0) is 11.6. The Kier molecular flexibility index (Phi) is 2.73. The van der Waals surface area contributed by atoms with Crippen molar-refractivity contribution < 1.29 is 14.0 Å². The van der Waals surface area contributed by atoms with Crippen molar-refractivity contribution in [3.8, 4) is 0 Å². The molecule has 0 aromatic heterocycles. The molecule has 0 bridgehead atoms. The number of carbonyl (C=O) groups is 2. The van der Waals surface area contributed by atoms with Crippen LogP contribution in [0.4, 0.5) is 4.39 Å². The van der Waals surface area contributed by atoms with Gasteiger partial charge in [0.25, 0.3) is 11.6 Å². The summed E-state index contributed by atoms with van der Waals surface area (Å²) >= 11 is 0. The summed E-state index contributed by atoms with van der Waals surface area (Å²) in [5.41, 5.74) is -2.15. The molecule has 0 spiro atoms. The highest BCUT2D eigenvalue weighted by molar-refractivity contribution is 6.17. The zero-order valence-electron chi connectivity index (χ0n) is 8.70. The third-order valence-electron chi connectivity index (χ3n) is 2.74. The molecule has 1 saturated heterocycles. The highest BCUT2D eigenvalue weighted by Gasteiger charge is 2.47. The molecule has 1 aromatic rings. The normalized spacial score (nSPS) is 24.9. The molecule has 84 valence electrons. The van der Waals surface area contributed by atoms with Crippen molar-refractivity contribution in [3.05, 3.63) is 35.9 Å². The van der Waals surface area contributed by atoms with Gasteiger partial charge in [0.15, 0.2) is 0 Å². The summed E-state index contributed by atoms with van der Waals surface area (Å²) in [5, 5.41) is 2.39. The maximum atomic E-state index is 14.3. The Hall–Kier alpha value is -1.71. The van der Waals surface area contributed by atoms with Crippen molar-refractivity contribution >= 4 is 11.7 Å². The van der Waals surface area contributed by atoms with Gasteiger partial charge >= 0.3 is 0 Å². The molecular weight excluding hydrogens is 209 g/mol. The number of amides is 1. The minimum absolute atomic E-state index is 0.0352. The first-order valence-electron chi connectivity index (χ1n) is 5.22. The number of hydrogen-bond donors (Lipinski definition) is 1. The van der Waals surface area contributed by atoms with E-state index in [2.05, 4.69) is 5.32 Å². The molecule has 1 amide bonds. The van der Waals surface area contributed by atoms with Crippen LogP contribution in [-0.2, 0) is 4.79 Å². The number of nitrogens with one attached hydrogen (secondary N) is 1. The van der Waals surface area contributed by atoms with E-state index in [4.69, 9.17) is 0 Å². The molecule has 16 heavy (non-hydrogen) atoms. The zero-order valence-corrected chi connectivity index (χ0v) is 8.70. The van der Waals surface area contributed by atoms with Gasteiger partial charge in [-0.15, -0.1) is 0 Å². The smallest absolute Gasteiger partial charge is 0.265 e. The number of benzene rings is 1. The fourth-order valence-electron chi connectivity index (χ4n) is 1.82. The first kappa shape index (κ1) is 10.8. The maximum absolute atomic E-state index is 14.3. The van der Waals surface area contributed by atoms with Crippen LogP contribution in [0, 0.1) is 0 Å². The number of halogens is 1. The van der Waals surface area contributed by atoms with Crippen molar-refractivity contribution in [2.75, 3.05) is 6.54 Å². The maximum Gasteiger partial charge on any atom is 0.265 e. The molecule has 4 heteroatoms. The molecular formula is C12H12FNO2.